The zero-order chi connectivity index (χ0) is 41.4. The molecule has 294 valence electrons. The molecule has 0 fully saturated rings. The van der Waals surface area contributed by atoms with E-state index in [0.29, 0.717) is 17.5 Å². The molecule has 5 nitrogen and oxygen atoms in total. The SMILES string of the molecule is c1ccc(-c2cc(-c3ccccc3)cc(-c3nc(-c4ccccc4)nc(-c4cc(-n5c6ccccc6c6ccccc65)cc5c4sc4ccc6c7ccccc7oc6c45)n3)c2)cc1. The Morgan fingerprint density at radius 2 is 0.905 bits per heavy atom. The van der Waals surface area contributed by atoms with Gasteiger partial charge in [0.05, 0.1) is 11.0 Å². The summed E-state index contributed by atoms with van der Waals surface area (Å²) in [5.41, 5.74) is 12.2. The van der Waals surface area contributed by atoms with Crippen LogP contribution in [0.5, 0.6) is 0 Å². The van der Waals surface area contributed by atoms with Gasteiger partial charge in [-0.1, -0.05) is 146 Å². The fraction of sp³-hybridized carbons (Fsp3) is 0. The molecule has 0 N–H and O–H groups in total. The van der Waals surface area contributed by atoms with E-state index in [1.54, 1.807) is 11.3 Å². The molecule has 4 heterocycles. The van der Waals surface area contributed by atoms with Gasteiger partial charge in [-0.3, -0.25) is 0 Å². The summed E-state index contributed by atoms with van der Waals surface area (Å²) in [6, 6.07) is 72.6. The Morgan fingerprint density at radius 1 is 0.381 bits per heavy atom. The Bertz CT molecular complexity index is 3800. The van der Waals surface area contributed by atoms with E-state index in [1.807, 2.05) is 24.3 Å². The molecule has 0 unspecified atom stereocenters. The van der Waals surface area contributed by atoms with Crippen molar-refractivity contribution in [3.05, 3.63) is 206 Å². The molecule has 0 atom stereocenters. The highest BCUT2D eigenvalue weighted by Gasteiger charge is 2.23. The lowest BCUT2D eigenvalue weighted by Gasteiger charge is -2.14. The maximum Gasteiger partial charge on any atom is 0.165 e. The van der Waals surface area contributed by atoms with Crippen LogP contribution in [-0.4, -0.2) is 19.5 Å². The molecule has 0 aliphatic rings. The van der Waals surface area contributed by atoms with Gasteiger partial charge in [-0.05, 0) is 82.9 Å². The average molecular weight is 823 g/mol. The first-order valence-corrected chi connectivity index (χ1v) is 21.9. The first-order valence-electron chi connectivity index (χ1n) is 21.1. The van der Waals surface area contributed by atoms with E-state index in [0.717, 1.165) is 97.8 Å². The van der Waals surface area contributed by atoms with Gasteiger partial charge in [-0.2, -0.15) is 0 Å². The zero-order valence-electron chi connectivity index (χ0n) is 33.7. The summed E-state index contributed by atoms with van der Waals surface area (Å²) in [4.78, 5) is 16.1. The van der Waals surface area contributed by atoms with E-state index in [2.05, 4.69) is 187 Å². The predicted octanol–water partition coefficient (Wildman–Crippen LogP) is 15.6. The maximum absolute atomic E-state index is 6.76. The second-order valence-electron chi connectivity index (χ2n) is 16.0. The van der Waals surface area contributed by atoms with Crippen LogP contribution in [0, 0.1) is 0 Å². The second-order valence-corrected chi connectivity index (χ2v) is 17.0. The summed E-state index contributed by atoms with van der Waals surface area (Å²) in [7, 11) is 0. The van der Waals surface area contributed by atoms with Gasteiger partial charge in [0.15, 0.2) is 17.5 Å². The van der Waals surface area contributed by atoms with Crippen molar-refractivity contribution >= 4 is 75.3 Å². The number of rotatable bonds is 6. The van der Waals surface area contributed by atoms with Gasteiger partial charge in [-0.15, -0.1) is 11.3 Å². The Hall–Kier alpha value is -8.19. The van der Waals surface area contributed by atoms with Crippen molar-refractivity contribution in [2.45, 2.75) is 0 Å². The van der Waals surface area contributed by atoms with Crippen LogP contribution in [-0.2, 0) is 0 Å². The molecule has 0 bridgehead atoms. The van der Waals surface area contributed by atoms with Gasteiger partial charge in [0.2, 0.25) is 0 Å². The summed E-state index contributed by atoms with van der Waals surface area (Å²) in [5.74, 6) is 1.81. The first-order chi connectivity index (χ1) is 31.2. The van der Waals surface area contributed by atoms with Crippen LogP contribution < -0.4 is 0 Å². The summed E-state index contributed by atoms with van der Waals surface area (Å²) in [5, 5.41) is 6.79. The van der Waals surface area contributed by atoms with Gasteiger partial charge >= 0.3 is 0 Å². The number of thiophene rings is 1. The van der Waals surface area contributed by atoms with Crippen LogP contribution in [0.3, 0.4) is 0 Å². The van der Waals surface area contributed by atoms with Gasteiger partial charge in [0.1, 0.15) is 11.2 Å². The molecule has 13 aromatic rings. The Morgan fingerprint density at radius 3 is 1.56 bits per heavy atom. The summed E-state index contributed by atoms with van der Waals surface area (Å²) in [6.45, 7) is 0. The second kappa shape index (κ2) is 14.2. The molecule has 63 heavy (non-hydrogen) atoms. The van der Waals surface area contributed by atoms with Gasteiger partial charge in [0, 0.05) is 64.1 Å². The molecule has 0 aliphatic carbocycles. The fourth-order valence-electron chi connectivity index (χ4n) is 9.32. The standard InChI is InChI=1S/C57H34N4OS/c1-4-16-35(17-5-1)38-30-39(36-18-6-2-7-19-36)32-40(31-38)56-58-55(37-20-8-3-9-21-37)59-57(60-56)47-34-41(61-48-25-13-10-22-42(48)43-23-11-14-26-49(43)61)33-46-52-51(63-54(46)47)29-28-45-44-24-12-15-27-50(44)62-53(45)52/h1-34H. The Balaban J connectivity index is 1.14. The minimum absolute atomic E-state index is 0.602. The zero-order valence-corrected chi connectivity index (χ0v) is 34.6. The molecule has 4 aromatic heterocycles. The van der Waals surface area contributed by atoms with E-state index in [-0.39, 0.29) is 0 Å². The third-order valence-corrected chi connectivity index (χ3v) is 13.4. The number of furan rings is 1. The van der Waals surface area contributed by atoms with Crippen LogP contribution >= 0.6 is 11.3 Å². The van der Waals surface area contributed by atoms with E-state index in [1.165, 1.54) is 10.8 Å². The third-order valence-electron chi connectivity index (χ3n) is 12.2. The van der Waals surface area contributed by atoms with Crippen molar-refractivity contribution < 1.29 is 4.42 Å². The van der Waals surface area contributed by atoms with Crippen LogP contribution in [0.1, 0.15) is 0 Å². The molecule has 0 saturated carbocycles. The van der Waals surface area contributed by atoms with E-state index < -0.39 is 0 Å². The normalized spacial score (nSPS) is 11.8. The number of benzene rings is 9. The number of fused-ring (bicyclic) bond motifs is 10. The molecule has 0 saturated heterocycles. The first kappa shape index (κ1) is 35.6. The quantitative estimate of drug-likeness (QED) is 0.168. The van der Waals surface area contributed by atoms with Crippen molar-refractivity contribution in [1.82, 2.24) is 19.5 Å². The van der Waals surface area contributed by atoms with Crippen LogP contribution in [0.15, 0.2) is 211 Å². The molecule has 0 spiro atoms. The lowest BCUT2D eigenvalue weighted by atomic mass is 9.96. The molecule has 0 amide bonds. The van der Waals surface area contributed by atoms with E-state index in [4.69, 9.17) is 19.4 Å². The lowest BCUT2D eigenvalue weighted by Crippen LogP contribution is -2.02. The molecule has 13 rings (SSSR count). The molecule has 6 heteroatoms. The highest BCUT2D eigenvalue weighted by Crippen LogP contribution is 2.47. The molecular formula is C57H34N4OS. The highest BCUT2D eigenvalue weighted by molar-refractivity contribution is 7.26. The summed E-state index contributed by atoms with van der Waals surface area (Å²) >= 11 is 1.75. The van der Waals surface area contributed by atoms with Crippen LogP contribution in [0.4, 0.5) is 0 Å². The highest BCUT2D eigenvalue weighted by atomic mass is 32.1. The van der Waals surface area contributed by atoms with Gasteiger partial charge in [0.25, 0.3) is 0 Å². The maximum atomic E-state index is 6.76. The molecule has 0 radical (unpaired) electrons. The largest absolute Gasteiger partial charge is 0.455 e. The molecular weight excluding hydrogens is 789 g/mol. The number of hydrogen-bond acceptors (Lipinski definition) is 5. The number of aromatic nitrogens is 4. The number of hydrogen-bond donors (Lipinski definition) is 0. The van der Waals surface area contributed by atoms with Gasteiger partial charge < -0.3 is 8.98 Å². The monoisotopic (exact) mass is 822 g/mol. The van der Waals surface area contributed by atoms with Crippen molar-refractivity contribution in [3.8, 4) is 62.1 Å². The fourth-order valence-corrected chi connectivity index (χ4v) is 10.5. The predicted molar refractivity (Wildman–Crippen MR) is 262 cm³/mol. The average Bonchev–Trinajstić information content (AvgIpc) is 4.04. The van der Waals surface area contributed by atoms with Crippen LogP contribution in [0.2, 0.25) is 0 Å². The van der Waals surface area contributed by atoms with Crippen molar-refractivity contribution in [2.24, 2.45) is 0 Å². The topological polar surface area (TPSA) is 56.7 Å². The minimum Gasteiger partial charge on any atom is -0.455 e. The minimum atomic E-state index is 0.602. The third kappa shape index (κ3) is 5.80. The summed E-state index contributed by atoms with van der Waals surface area (Å²) in [6.07, 6.45) is 0. The smallest absolute Gasteiger partial charge is 0.165 e. The van der Waals surface area contributed by atoms with Crippen molar-refractivity contribution in [3.63, 3.8) is 0 Å². The van der Waals surface area contributed by atoms with E-state index in [9.17, 15) is 0 Å². The molecule has 0 aliphatic heterocycles. The lowest BCUT2D eigenvalue weighted by molar-refractivity contribution is 0.673. The molecule has 9 aromatic carbocycles. The van der Waals surface area contributed by atoms with Crippen molar-refractivity contribution in [2.75, 3.05) is 0 Å². The van der Waals surface area contributed by atoms with Crippen LogP contribution in [0.25, 0.3) is 126 Å². The number of para-hydroxylation sites is 3. The van der Waals surface area contributed by atoms with Gasteiger partial charge in [-0.25, -0.2) is 15.0 Å². The number of nitrogens with zero attached hydrogens (tertiary/aromatic N) is 4. The Labute approximate surface area is 365 Å². The van der Waals surface area contributed by atoms with E-state index >= 15 is 0 Å². The Kier molecular flexibility index (Phi) is 8.01. The summed E-state index contributed by atoms with van der Waals surface area (Å²) < 4.78 is 11.4. The van der Waals surface area contributed by atoms with Crippen molar-refractivity contribution in [1.29, 1.82) is 0 Å².